The van der Waals surface area contributed by atoms with E-state index >= 15 is 0 Å². The fraction of sp³-hybridized carbons (Fsp3) is 0.333. The Balaban J connectivity index is 1.56. The van der Waals surface area contributed by atoms with Crippen molar-refractivity contribution in [3.63, 3.8) is 0 Å². The first-order valence-electron chi connectivity index (χ1n) is 12.4. The van der Waals surface area contributed by atoms with Crippen LogP contribution in [0.2, 0.25) is 0 Å². The fourth-order valence-corrected chi connectivity index (χ4v) is 3.93. The number of nitrogens with zero attached hydrogens (tertiary/aromatic N) is 6. The molecule has 0 fully saturated rings. The van der Waals surface area contributed by atoms with Crippen molar-refractivity contribution in [2.75, 3.05) is 54.2 Å². The van der Waals surface area contributed by atoms with Gasteiger partial charge in [-0.25, -0.2) is 0 Å². The molecule has 13 heteroatoms. The van der Waals surface area contributed by atoms with Crippen molar-refractivity contribution in [2.45, 2.75) is 6.61 Å². The van der Waals surface area contributed by atoms with Crippen LogP contribution >= 0.6 is 0 Å². The zero-order chi connectivity index (χ0) is 28.5. The zero-order valence-electron chi connectivity index (χ0n) is 22.5. The molecule has 1 amide bonds. The van der Waals surface area contributed by atoms with E-state index in [0.717, 1.165) is 5.39 Å². The summed E-state index contributed by atoms with van der Waals surface area (Å²) in [6, 6.07) is 10.9. The van der Waals surface area contributed by atoms with Crippen molar-refractivity contribution in [1.82, 2.24) is 29.7 Å². The highest BCUT2D eigenvalue weighted by atomic mass is 16.5. The van der Waals surface area contributed by atoms with Gasteiger partial charge in [0, 0.05) is 57.5 Å². The quantitative estimate of drug-likeness (QED) is 0.177. The minimum atomic E-state index is -0.166. The van der Waals surface area contributed by atoms with E-state index in [1.807, 2.05) is 24.3 Å². The van der Waals surface area contributed by atoms with Crippen LogP contribution in [0.15, 0.2) is 54.4 Å². The second-order valence-electron chi connectivity index (χ2n) is 8.70. The van der Waals surface area contributed by atoms with Crippen LogP contribution in [0.5, 0.6) is 5.88 Å². The van der Waals surface area contributed by atoms with Crippen LogP contribution in [-0.2, 0) is 20.8 Å². The summed E-state index contributed by atoms with van der Waals surface area (Å²) in [5.74, 6) is 0.116. The highest BCUT2D eigenvalue weighted by Gasteiger charge is 2.19. The van der Waals surface area contributed by atoms with E-state index in [1.165, 1.54) is 23.9 Å². The minimum absolute atomic E-state index is 0.0421. The lowest BCUT2D eigenvalue weighted by molar-refractivity contribution is 0.0627. The molecule has 3 heterocycles. The second-order valence-corrected chi connectivity index (χ2v) is 8.70. The molecule has 0 aliphatic rings. The molecule has 0 aliphatic heterocycles. The van der Waals surface area contributed by atoms with Gasteiger partial charge in [0.1, 0.15) is 24.7 Å². The third kappa shape index (κ3) is 6.57. The van der Waals surface area contributed by atoms with Gasteiger partial charge in [-0.1, -0.05) is 18.2 Å². The lowest BCUT2D eigenvalue weighted by atomic mass is 10.2. The number of allylic oxidation sites excluding steroid dienone is 1. The van der Waals surface area contributed by atoms with Crippen LogP contribution in [0.25, 0.3) is 16.4 Å². The topological polar surface area (TPSA) is 157 Å². The number of hydrogen-bond donors (Lipinski definition) is 2. The molecular weight excluding hydrogens is 518 g/mol. The van der Waals surface area contributed by atoms with E-state index in [1.54, 1.807) is 31.3 Å². The SMILES string of the molecule is COCCN(CCOC)C(=O)c1ccc(COc2nn3c(C(=N)/C=C(\O)COC)nnc3c3ccccc23)nc1. The number of rotatable bonds is 14. The Kier molecular flexibility index (Phi) is 9.67. The number of fused-ring (bicyclic) bond motifs is 3. The van der Waals surface area contributed by atoms with E-state index in [2.05, 4.69) is 20.3 Å². The van der Waals surface area contributed by atoms with Gasteiger partial charge in [-0.15, -0.1) is 15.3 Å². The van der Waals surface area contributed by atoms with Gasteiger partial charge in [-0.2, -0.15) is 4.52 Å². The summed E-state index contributed by atoms with van der Waals surface area (Å²) in [5.41, 5.74) is 1.38. The number of aliphatic hydroxyl groups excluding tert-OH is 1. The Morgan fingerprint density at radius 2 is 1.75 bits per heavy atom. The number of carbonyl (C=O) groups is 1. The molecule has 2 N–H and O–H groups in total. The maximum atomic E-state index is 13.0. The van der Waals surface area contributed by atoms with Crippen LogP contribution in [0.4, 0.5) is 0 Å². The third-order valence-electron chi connectivity index (χ3n) is 5.92. The maximum absolute atomic E-state index is 13.0. The van der Waals surface area contributed by atoms with Crippen LogP contribution < -0.4 is 4.74 Å². The van der Waals surface area contributed by atoms with Gasteiger partial charge in [-0.3, -0.25) is 15.2 Å². The molecule has 0 spiro atoms. The van der Waals surface area contributed by atoms with Gasteiger partial charge in [0.05, 0.1) is 24.5 Å². The molecule has 0 saturated carbocycles. The van der Waals surface area contributed by atoms with Crippen molar-refractivity contribution < 1.29 is 28.8 Å². The van der Waals surface area contributed by atoms with E-state index in [-0.39, 0.29) is 42.3 Å². The number of hydrogen-bond acceptors (Lipinski definition) is 11. The summed E-state index contributed by atoms with van der Waals surface area (Å²) in [5, 5.41) is 32.6. The summed E-state index contributed by atoms with van der Waals surface area (Å²) < 4.78 is 22.6. The minimum Gasteiger partial charge on any atom is -0.510 e. The van der Waals surface area contributed by atoms with Gasteiger partial charge < -0.3 is 29.0 Å². The van der Waals surface area contributed by atoms with Gasteiger partial charge in [0.2, 0.25) is 11.7 Å². The Bertz CT molecular complexity index is 1490. The molecule has 210 valence electrons. The summed E-state index contributed by atoms with van der Waals surface area (Å²) >= 11 is 0. The van der Waals surface area contributed by atoms with Crippen LogP contribution in [0, 0.1) is 5.41 Å². The molecule has 4 aromatic rings. The number of benzene rings is 1. The Morgan fingerprint density at radius 3 is 2.40 bits per heavy atom. The van der Waals surface area contributed by atoms with Gasteiger partial charge in [0.25, 0.3) is 5.91 Å². The predicted octanol–water partition coefficient (Wildman–Crippen LogP) is 2.44. The number of amides is 1. The van der Waals surface area contributed by atoms with Gasteiger partial charge in [-0.05, 0) is 18.2 Å². The number of ether oxygens (including phenoxy) is 4. The lowest BCUT2D eigenvalue weighted by Gasteiger charge is -2.22. The standard InChI is InChI=1S/C27H31N7O6/c1-37-12-10-33(11-13-38-2)27(36)18-8-9-19(29-15-18)16-40-26-22-7-5-4-6-21(22)24-30-31-25(34(24)32-26)23(28)14-20(35)17-39-3/h4-9,14-15,28,35H,10-13,16-17H2,1-3H3/b20-14-,28-23?. The van der Waals surface area contributed by atoms with Crippen molar-refractivity contribution in [3.05, 3.63) is 71.5 Å². The number of aliphatic hydroxyl groups is 1. The molecule has 1 aromatic carbocycles. The van der Waals surface area contributed by atoms with Crippen LogP contribution in [0.1, 0.15) is 21.9 Å². The van der Waals surface area contributed by atoms with Crippen molar-refractivity contribution in [3.8, 4) is 5.88 Å². The Hall–Kier alpha value is -4.46. The number of aromatic nitrogens is 5. The fourth-order valence-electron chi connectivity index (χ4n) is 3.93. The number of pyridine rings is 1. The molecule has 0 bridgehead atoms. The zero-order valence-corrected chi connectivity index (χ0v) is 22.5. The number of methoxy groups -OCH3 is 3. The third-order valence-corrected chi connectivity index (χ3v) is 5.92. The summed E-state index contributed by atoms with van der Waals surface area (Å²) in [6.45, 7) is 1.75. The lowest BCUT2D eigenvalue weighted by Crippen LogP contribution is -2.36. The van der Waals surface area contributed by atoms with Gasteiger partial charge in [0.15, 0.2) is 5.65 Å². The van der Waals surface area contributed by atoms with Crippen molar-refractivity contribution >= 4 is 28.0 Å². The van der Waals surface area contributed by atoms with Gasteiger partial charge >= 0.3 is 0 Å². The summed E-state index contributed by atoms with van der Waals surface area (Å²) in [7, 11) is 4.62. The molecule has 13 nitrogen and oxygen atoms in total. The smallest absolute Gasteiger partial charge is 0.255 e. The molecule has 3 aromatic heterocycles. The molecule has 0 unspecified atom stereocenters. The van der Waals surface area contributed by atoms with Crippen molar-refractivity contribution in [1.29, 1.82) is 5.41 Å². The normalized spacial score (nSPS) is 11.7. The number of carbonyl (C=O) groups excluding carboxylic acids is 1. The van der Waals surface area contributed by atoms with Crippen LogP contribution in [-0.4, -0.2) is 101 Å². The first-order chi connectivity index (χ1) is 19.5. The summed E-state index contributed by atoms with van der Waals surface area (Å²) in [4.78, 5) is 19.0. The highest BCUT2D eigenvalue weighted by molar-refractivity contribution is 6.05. The van der Waals surface area contributed by atoms with E-state index in [0.29, 0.717) is 48.6 Å². The van der Waals surface area contributed by atoms with E-state index < -0.39 is 0 Å². The second kappa shape index (κ2) is 13.6. The van der Waals surface area contributed by atoms with E-state index in [9.17, 15) is 9.90 Å². The monoisotopic (exact) mass is 549 g/mol. The Labute approximate surface area is 230 Å². The molecule has 0 radical (unpaired) electrons. The molecule has 4 rings (SSSR count). The molecule has 0 saturated heterocycles. The first-order valence-corrected chi connectivity index (χ1v) is 12.4. The first kappa shape index (κ1) is 28.5. The average Bonchev–Trinajstić information content (AvgIpc) is 3.40. The number of nitrogens with one attached hydrogen (secondary N) is 1. The molecule has 40 heavy (non-hydrogen) atoms. The Morgan fingerprint density at radius 1 is 1.02 bits per heavy atom. The molecular formula is C27H31N7O6. The van der Waals surface area contributed by atoms with Crippen LogP contribution in [0.3, 0.4) is 0 Å². The highest BCUT2D eigenvalue weighted by Crippen LogP contribution is 2.27. The van der Waals surface area contributed by atoms with Crippen molar-refractivity contribution in [2.24, 2.45) is 0 Å². The largest absolute Gasteiger partial charge is 0.510 e. The average molecular weight is 550 g/mol. The predicted molar refractivity (Wildman–Crippen MR) is 146 cm³/mol. The molecule has 0 atom stereocenters. The molecule has 0 aliphatic carbocycles. The van der Waals surface area contributed by atoms with E-state index in [4.69, 9.17) is 24.4 Å². The maximum Gasteiger partial charge on any atom is 0.255 e. The summed E-state index contributed by atoms with van der Waals surface area (Å²) in [6.07, 6.45) is 2.75.